The third-order valence-corrected chi connectivity index (χ3v) is 7.57. The maximum absolute atomic E-state index is 13.4. The van der Waals surface area contributed by atoms with Gasteiger partial charge in [0.05, 0.1) is 33.2 Å². The zero-order valence-corrected chi connectivity index (χ0v) is 19.1. The van der Waals surface area contributed by atoms with Crippen molar-refractivity contribution in [3.63, 3.8) is 0 Å². The summed E-state index contributed by atoms with van der Waals surface area (Å²) < 4.78 is 6.50. The summed E-state index contributed by atoms with van der Waals surface area (Å²) in [6.45, 7) is 2.60. The maximum Gasteiger partial charge on any atom is 0.208 e. The Morgan fingerprint density at radius 3 is 3.03 bits per heavy atom. The van der Waals surface area contributed by atoms with E-state index >= 15 is 0 Å². The second-order valence-corrected chi connectivity index (χ2v) is 10.0. The molecule has 0 bridgehead atoms. The number of anilines is 1. The zero-order valence-electron chi connectivity index (χ0n) is 17.5. The average Bonchev–Trinajstić information content (AvgIpc) is 3.34. The highest BCUT2D eigenvalue weighted by atomic mass is 35.5. The van der Waals surface area contributed by atoms with Gasteiger partial charge < -0.3 is 15.2 Å². The van der Waals surface area contributed by atoms with E-state index in [0.29, 0.717) is 33.6 Å². The van der Waals surface area contributed by atoms with Crippen molar-refractivity contribution < 1.29 is 14.6 Å². The fourth-order valence-electron chi connectivity index (χ4n) is 4.46. The molecule has 0 radical (unpaired) electrons. The summed E-state index contributed by atoms with van der Waals surface area (Å²) in [4.78, 5) is 26.7. The lowest BCUT2D eigenvalue weighted by Gasteiger charge is -2.24. The molecule has 5 rings (SSSR count). The van der Waals surface area contributed by atoms with Crippen LogP contribution in [0.2, 0.25) is 4.34 Å². The van der Waals surface area contributed by atoms with Crippen LogP contribution in [0.1, 0.15) is 57.9 Å². The predicted octanol–water partition coefficient (Wildman–Crippen LogP) is 4.05. The van der Waals surface area contributed by atoms with Crippen molar-refractivity contribution in [2.45, 2.75) is 44.4 Å². The normalized spacial score (nSPS) is 24.8. The molecule has 1 aliphatic carbocycles. The molecule has 1 saturated carbocycles. The molecular weight excluding hydrogens is 448 g/mol. The van der Waals surface area contributed by atoms with E-state index in [0.717, 1.165) is 29.7 Å². The van der Waals surface area contributed by atoms with Gasteiger partial charge in [0.15, 0.2) is 0 Å². The Hall–Kier alpha value is -2.39. The van der Waals surface area contributed by atoms with Crippen LogP contribution in [0, 0.1) is 5.92 Å². The topological polar surface area (TPSA) is 97.2 Å². The highest BCUT2D eigenvalue weighted by molar-refractivity contribution is 7.18. The molecule has 0 spiro atoms. The number of fused-ring (bicyclic) bond motifs is 1. The molecule has 3 aromatic rings. The third kappa shape index (κ3) is 4.03. The van der Waals surface area contributed by atoms with Crippen molar-refractivity contribution in [1.29, 1.82) is 0 Å². The van der Waals surface area contributed by atoms with Gasteiger partial charge in [0.2, 0.25) is 5.78 Å². The number of carbonyl (C=O) groups excluding carboxylic acids is 1. The van der Waals surface area contributed by atoms with Crippen LogP contribution in [0.4, 0.5) is 5.82 Å². The molecule has 0 unspecified atom stereocenters. The largest absolute Gasteiger partial charge is 0.393 e. The highest BCUT2D eigenvalue weighted by Gasteiger charge is 2.32. The number of rotatable bonds is 5. The van der Waals surface area contributed by atoms with Crippen molar-refractivity contribution in [2.75, 3.05) is 11.9 Å². The van der Waals surface area contributed by atoms with Gasteiger partial charge in [0.25, 0.3) is 0 Å². The van der Waals surface area contributed by atoms with Gasteiger partial charge in [-0.1, -0.05) is 24.6 Å². The molecule has 0 saturated heterocycles. The number of aliphatic hydroxyl groups excluding tert-OH is 1. The van der Waals surface area contributed by atoms with E-state index in [1.54, 1.807) is 12.3 Å². The zero-order chi connectivity index (χ0) is 22.2. The first-order chi connectivity index (χ1) is 15.5. The first-order valence-electron chi connectivity index (χ1n) is 10.6. The lowest BCUT2D eigenvalue weighted by Crippen LogP contribution is -2.20. The second kappa shape index (κ2) is 8.86. The number of aromatic nitrogens is 3. The number of carbonyl (C=O) groups is 1. The van der Waals surface area contributed by atoms with Crippen molar-refractivity contribution in [3.8, 4) is 0 Å². The summed E-state index contributed by atoms with van der Waals surface area (Å²) in [5, 5.41) is 13.4. The van der Waals surface area contributed by atoms with E-state index in [-0.39, 0.29) is 23.8 Å². The monoisotopic (exact) mass is 470 g/mol. The minimum absolute atomic E-state index is 0.0575. The number of halogens is 1. The van der Waals surface area contributed by atoms with E-state index in [1.165, 1.54) is 23.9 Å². The van der Waals surface area contributed by atoms with Crippen LogP contribution in [0.5, 0.6) is 0 Å². The van der Waals surface area contributed by atoms with Gasteiger partial charge in [-0.05, 0) is 42.9 Å². The Balaban J connectivity index is 1.42. The van der Waals surface area contributed by atoms with E-state index < -0.39 is 6.10 Å². The smallest absolute Gasteiger partial charge is 0.208 e. The highest BCUT2D eigenvalue weighted by Crippen LogP contribution is 2.40. The first-order valence-corrected chi connectivity index (χ1v) is 11.8. The number of pyridine rings is 1. The van der Waals surface area contributed by atoms with Gasteiger partial charge >= 0.3 is 0 Å². The lowest BCUT2D eigenvalue weighted by molar-refractivity contribution is 0.0667. The first kappa shape index (κ1) is 21.5. The Morgan fingerprint density at radius 2 is 2.22 bits per heavy atom. The molecule has 0 amide bonds. The molecule has 1 aliphatic heterocycles. The molecule has 4 heterocycles. The molecule has 3 aromatic heterocycles. The van der Waals surface area contributed by atoms with E-state index in [2.05, 4.69) is 20.3 Å². The number of thiophene rings is 1. The van der Waals surface area contributed by atoms with Crippen LogP contribution < -0.4 is 5.32 Å². The summed E-state index contributed by atoms with van der Waals surface area (Å²) >= 11 is 7.79. The Morgan fingerprint density at radius 1 is 1.34 bits per heavy atom. The molecule has 9 heteroatoms. The summed E-state index contributed by atoms with van der Waals surface area (Å²) in [7, 11) is 0. The number of hydrogen-bond acceptors (Lipinski definition) is 8. The van der Waals surface area contributed by atoms with Gasteiger partial charge in [-0.3, -0.25) is 9.78 Å². The Bertz CT molecular complexity index is 1140. The number of ether oxygens (including phenoxy) is 1. The van der Waals surface area contributed by atoms with Gasteiger partial charge in [-0.2, -0.15) is 0 Å². The number of hydrogen-bond donors (Lipinski definition) is 2. The van der Waals surface area contributed by atoms with Crippen molar-refractivity contribution in [3.05, 3.63) is 68.5 Å². The molecule has 4 atom stereocenters. The summed E-state index contributed by atoms with van der Waals surface area (Å²) in [5.41, 5.74) is 3.11. The Labute approximate surface area is 194 Å². The van der Waals surface area contributed by atoms with Crippen LogP contribution in [0.3, 0.4) is 0 Å². The number of nitrogens with one attached hydrogen (secondary N) is 1. The van der Waals surface area contributed by atoms with Gasteiger partial charge in [-0.25, -0.2) is 9.97 Å². The third-order valence-electron chi connectivity index (χ3n) is 6.19. The summed E-state index contributed by atoms with van der Waals surface area (Å²) in [6, 6.07) is 5.81. The molecule has 0 aromatic carbocycles. The molecule has 2 aliphatic rings. The lowest BCUT2D eigenvalue weighted by atomic mass is 9.99. The minimum atomic E-state index is -0.392. The maximum atomic E-state index is 13.4. The predicted molar refractivity (Wildman–Crippen MR) is 122 cm³/mol. The van der Waals surface area contributed by atoms with Crippen LogP contribution in [0.15, 0.2) is 36.9 Å². The van der Waals surface area contributed by atoms with Crippen molar-refractivity contribution >= 4 is 34.5 Å². The Kier molecular flexibility index (Phi) is 5.94. The van der Waals surface area contributed by atoms with Crippen LogP contribution >= 0.6 is 22.9 Å². The SMILES string of the molecule is C[C@@H]1C[C@@H](Nc2ncncc2C(=O)c2cc([C@@H]3OCCc4cccnc43)c(Cl)s2)C[C@H]1O. The fourth-order valence-corrected chi connectivity index (χ4v) is 5.72. The number of aliphatic hydroxyl groups is 1. The molecule has 166 valence electrons. The molecule has 7 nitrogen and oxygen atoms in total. The summed E-state index contributed by atoms with van der Waals surface area (Å²) in [5.74, 6) is 0.484. The van der Waals surface area contributed by atoms with Crippen LogP contribution in [0.25, 0.3) is 0 Å². The van der Waals surface area contributed by atoms with Gasteiger partial charge in [0, 0.05) is 24.0 Å². The van der Waals surface area contributed by atoms with Gasteiger partial charge in [-0.15, -0.1) is 11.3 Å². The van der Waals surface area contributed by atoms with Crippen LogP contribution in [-0.2, 0) is 11.2 Å². The van der Waals surface area contributed by atoms with E-state index in [9.17, 15) is 9.90 Å². The minimum Gasteiger partial charge on any atom is -0.393 e. The van der Waals surface area contributed by atoms with Crippen molar-refractivity contribution in [1.82, 2.24) is 15.0 Å². The average molecular weight is 471 g/mol. The molecule has 2 N–H and O–H groups in total. The quantitative estimate of drug-likeness (QED) is 0.543. The fraction of sp³-hybridized carbons (Fsp3) is 0.391. The van der Waals surface area contributed by atoms with Crippen molar-refractivity contribution in [2.24, 2.45) is 5.92 Å². The standard InChI is InChI=1S/C23H23ClN4O3S/c1-12-7-14(8-17(12)29)28-23-16(10-25-11-27-23)20(30)18-9-15(22(24)32-18)21-19-13(4-6-31-21)3-2-5-26-19/h2-3,5,9-12,14,17,21,29H,4,6-8H2,1H3,(H,25,27,28)/t12-,14-,17-,21+/m1/s1. The summed E-state index contributed by atoms with van der Waals surface area (Å²) in [6.07, 6.45) is 6.19. The molecule has 1 fully saturated rings. The number of nitrogens with zero attached hydrogens (tertiary/aromatic N) is 3. The molecule has 32 heavy (non-hydrogen) atoms. The molecular formula is C23H23ClN4O3S. The van der Waals surface area contributed by atoms with Crippen LogP contribution in [-0.4, -0.2) is 44.6 Å². The second-order valence-electron chi connectivity index (χ2n) is 8.36. The van der Waals surface area contributed by atoms with E-state index in [4.69, 9.17) is 16.3 Å². The van der Waals surface area contributed by atoms with Gasteiger partial charge in [0.1, 0.15) is 18.2 Å². The van der Waals surface area contributed by atoms with E-state index in [1.807, 2.05) is 19.1 Å². The number of ketones is 1.